The average Bonchev–Trinajstić information content (AvgIpc) is 3.27. The van der Waals surface area contributed by atoms with Gasteiger partial charge in [0.1, 0.15) is 0 Å². The van der Waals surface area contributed by atoms with Crippen molar-refractivity contribution in [2.24, 2.45) is 0 Å². The van der Waals surface area contributed by atoms with Crippen molar-refractivity contribution in [1.29, 1.82) is 0 Å². The van der Waals surface area contributed by atoms with Gasteiger partial charge >= 0.3 is 0 Å². The molecule has 1 aromatic carbocycles. The Kier molecular flexibility index (Phi) is 7.00. The quantitative estimate of drug-likeness (QED) is 0.658. The number of hydrogen-bond donors (Lipinski definition) is 1. The monoisotopic (exact) mass is 341 g/mol. The van der Waals surface area contributed by atoms with Crippen LogP contribution in [0.4, 0.5) is 0 Å². The van der Waals surface area contributed by atoms with Crippen LogP contribution in [0.1, 0.15) is 37.9 Å². The second kappa shape index (κ2) is 8.78. The second-order valence-corrected chi connectivity index (χ2v) is 6.03. The van der Waals surface area contributed by atoms with Crippen LogP contribution in [-0.2, 0) is 9.47 Å². The highest BCUT2D eigenvalue weighted by molar-refractivity contribution is 9.10. The lowest BCUT2D eigenvalue weighted by atomic mass is 10.1. The van der Waals surface area contributed by atoms with Crippen LogP contribution in [0.15, 0.2) is 28.7 Å². The van der Waals surface area contributed by atoms with Gasteiger partial charge in [-0.25, -0.2) is 0 Å². The first kappa shape index (κ1) is 16.0. The summed E-state index contributed by atoms with van der Waals surface area (Å²) in [6.45, 7) is 5.09. The molecule has 1 N–H and O–H groups in total. The zero-order valence-electron chi connectivity index (χ0n) is 12.1. The molecule has 0 spiro atoms. The lowest BCUT2D eigenvalue weighted by Gasteiger charge is -2.20. The van der Waals surface area contributed by atoms with Crippen molar-refractivity contribution < 1.29 is 9.47 Å². The average molecular weight is 342 g/mol. The molecule has 1 unspecified atom stereocenters. The molecule has 0 saturated heterocycles. The normalized spacial score (nSPS) is 16.3. The van der Waals surface area contributed by atoms with Crippen molar-refractivity contribution in [2.45, 2.75) is 38.3 Å². The van der Waals surface area contributed by atoms with Crippen LogP contribution in [-0.4, -0.2) is 32.4 Å². The minimum Gasteiger partial charge on any atom is -0.379 e. The number of hydrogen-bond acceptors (Lipinski definition) is 3. The summed E-state index contributed by atoms with van der Waals surface area (Å²) in [6.07, 6.45) is 3.72. The van der Waals surface area contributed by atoms with E-state index in [9.17, 15) is 0 Å². The summed E-state index contributed by atoms with van der Waals surface area (Å²) in [6, 6.07) is 8.97. The van der Waals surface area contributed by atoms with Crippen molar-refractivity contribution in [2.75, 3.05) is 26.4 Å². The van der Waals surface area contributed by atoms with Gasteiger partial charge in [-0.05, 0) is 30.9 Å². The fourth-order valence-corrected chi connectivity index (χ4v) is 2.59. The molecule has 0 bridgehead atoms. The Hall–Kier alpha value is -0.420. The minimum atomic E-state index is 0.0800. The van der Waals surface area contributed by atoms with Crippen molar-refractivity contribution in [3.8, 4) is 0 Å². The number of benzene rings is 1. The highest BCUT2D eigenvalue weighted by Gasteiger charge is 2.23. The van der Waals surface area contributed by atoms with Crippen molar-refractivity contribution >= 4 is 15.9 Å². The molecule has 1 saturated carbocycles. The summed E-state index contributed by atoms with van der Waals surface area (Å²) >= 11 is 3.61. The van der Waals surface area contributed by atoms with Crippen LogP contribution in [0.25, 0.3) is 0 Å². The van der Waals surface area contributed by atoms with E-state index in [4.69, 9.17) is 9.47 Å². The Labute approximate surface area is 130 Å². The maximum Gasteiger partial charge on any atom is 0.0961 e. The highest BCUT2D eigenvalue weighted by atomic mass is 79.9. The van der Waals surface area contributed by atoms with Crippen LogP contribution >= 0.6 is 15.9 Å². The summed E-state index contributed by atoms with van der Waals surface area (Å²) in [5.74, 6) is 0. The Morgan fingerprint density at radius 1 is 1.25 bits per heavy atom. The standard InChI is InChI=1S/C16H24BrNO2/c1-2-9-19-10-11-20-16(12-18-13-7-8-13)14-5-3-4-6-15(14)17/h3-6,13,16,18H,2,7-12H2,1H3. The number of rotatable bonds is 10. The summed E-state index contributed by atoms with van der Waals surface area (Å²) in [7, 11) is 0. The fraction of sp³-hybridized carbons (Fsp3) is 0.625. The molecule has 1 aliphatic carbocycles. The molecule has 1 aliphatic rings. The zero-order valence-corrected chi connectivity index (χ0v) is 13.7. The van der Waals surface area contributed by atoms with Crippen LogP contribution in [0.5, 0.6) is 0 Å². The van der Waals surface area contributed by atoms with Gasteiger partial charge in [-0.2, -0.15) is 0 Å². The van der Waals surface area contributed by atoms with Crippen LogP contribution in [0.3, 0.4) is 0 Å². The first-order valence-electron chi connectivity index (χ1n) is 7.48. The van der Waals surface area contributed by atoms with Gasteiger partial charge in [0.05, 0.1) is 19.3 Å². The van der Waals surface area contributed by atoms with Gasteiger partial charge in [0, 0.05) is 23.7 Å². The molecule has 1 aromatic rings. The molecule has 1 fully saturated rings. The topological polar surface area (TPSA) is 30.5 Å². The predicted molar refractivity (Wildman–Crippen MR) is 85.0 cm³/mol. The van der Waals surface area contributed by atoms with E-state index >= 15 is 0 Å². The molecule has 0 amide bonds. The number of ether oxygens (including phenoxy) is 2. The van der Waals surface area contributed by atoms with Crippen LogP contribution < -0.4 is 5.32 Å². The summed E-state index contributed by atoms with van der Waals surface area (Å²) in [4.78, 5) is 0. The zero-order chi connectivity index (χ0) is 14.2. The molecule has 112 valence electrons. The molecule has 2 rings (SSSR count). The van der Waals surface area contributed by atoms with E-state index in [1.165, 1.54) is 18.4 Å². The van der Waals surface area contributed by atoms with E-state index in [-0.39, 0.29) is 6.10 Å². The first-order chi connectivity index (χ1) is 9.81. The Bertz CT molecular complexity index is 396. The maximum absolute atomic E-state index is 6.02. The Morgan fingerprint density at radius 3 is 2.75 bits per heavy atom. The van der Waals surface area contributed by atoms with Gasteiger partial charge in [0.2, 0.25) is 0 Å². The Morgan fingerprint density at radius 2 is 2.05 bits per heavy atom. The molecule has 0 radical (unpaired) electrons. The minimum absolute atomic E-state index is 0.0800. The third-order valence-electron chi connectivity index (χ3n) is 3.32. The maximum atomic E-state index is 6.02. The van der Waals surface area contributed by atoms with E-state index in [0.717, 1.165) is 24.0 Å². The van der Waals surface area contributed by atoms with E-state index in [1.54, 1.807) is 0 Å². The van der Waals surface area contributed by atoms with Crippen molar-refractivity contribution in [1.82, 2.24) is 5.32 Å². The number of nitrogens with one attached hydrogen (secondary N) is 1. The smallest absolute Gasteiger partial charge is 0.0961 e. The third kappa shape index (κ3) is 5.52. The largest absolute Gasteiger partial charge is 0.379 e. The van der Waals surface area contributed by atoms with E-state index in [0.29, 0.717) is 19.3 Å². The van der Waals surface area contributed by atoms with Gasteiger partial charge in [-0.3, -0.25) is 0 Å². The lowest BCUT2D eigenvalue weighted by molar-refractivity contribution is 0.00384. The van der Waals surface area contributed by atoms with Gasteiger partial charge in [0.15, 0.2) is 0 Å². The first-order valence-corrected chi connectivity index (χ1v) is 8.27. The summed E-state index contributed by atoms with van der Waals surface area (Å²) < 4.78 is 12.6. The lowest BCUT2D eigenvalue weighted by Crippen LogP contribution is -2.26. The Balaban J connectivity index is 1.84. The molecule has 0 heterocycles. The molecule has 3 nitrogen and oxygen atoms in total. The number of halogens is 1. The summed E-state index contributed by atoms with van der Waals surface area (Å²) in [5, 5.41) is 3.55. The van der Waals surface area contributed by atoms with Crippen LogP contribution in [0, 0.1) is 0 Å². The van der Waals surface area contributed by atoms with Crippen molar-refractivity contribution in [3.05, 3.63) is 34.3 Å². The molecular formula is C16H24BrNO2. The molecule has 0 aromatic heterocycles. The molecule has 1 atom stereocenters. The third-order valence-corrected chi connectivity index (χ3v) is 4.04. The fourth-order valence-electron chi connectivity index (χ4n) is 2.05. The molecule has 4 heteroatoms. The van der Waals surface area contributed by atoms with Gasteiger partial charge < -0.3 is 14.8 Å². The predicted octanol–water partition coefficient (Wildman–Crippen LogP) is 3.69. The van der Waals surface area contributed by atoms with Crippen molar-refractivity contribution in [3.63, 3.8) is 0 Å². The second-order valence-electron chi connectivity index (χ2n) is 5.18. The van der Waals surface area contributed by atoms with Gasteiger partial charge in [-0.1, -0.05) is 41.1 Å². The van der Waals surface area contributed by atoms with Gasteiger partial charge in [0.25, 0.3) is 0 Å². The van der Waals surface area contributed by atoms with E-state index in [1.807, 2.05) is 6.07 Å². The molecule has 20 heavy (non-hydrogen) atoms. The van der Waals surface area contributed by atoms with E-state index < -0.39 is 0 Å². The SMILES string of the molecule is CCCOCCOC(CNC1CC1)c1ccccc1Br. The molecular weight excluding hydrogens is 318 g/mol. The van der Waals surface area contributed by atoms with E-state index in [2.05, 4.69) is 46.4 Å². The van der Waals surface area contributed by atoms with Gasteiger partial charge in [-0.15, -0.1) is 0 Å². The van der Waals surface area contributed by atoms with Crippen LogP contribution in [0.2, 0.25) is 0 Å². The highest BCUT2D eigenvalue weighted by Crippen LogP contribution is 2.27. The summed E-state index contributed by atoms with van der Waals surface area (Å²) in [5.41, 5.74) is 1.20. The molecule has 0 aliphatic heterocycles.